The van der Waals surface area contributed by atoms with Crippen LogP contribution in [0.25, 0.3) is 0 Å². The first kappa shape index (κ1) is 14.2. The van der Waals surface area contributed by atoms with Crippen LogP contribution in [0.3, 0.4) is 0 Å². The summed E-state index contributed by atoms with van der Waals surface area (Å²) in [6.07, 6.45) is 0.972. The van der Waals surface area contributed by atoms with E-state index in [0.29, 0.717) is 5.92 Å². The summed E-state index contributed by atoms with van der Waals surface area (Å²) in [7, 11) is 0. The van der Waals surface area contributed by atoms with Gasteiger partial charge in [0.2, 0.25) is 0 Å². The molecule has 1 atom stereocenters. The topological polar surface area (TPSA) is 26.0 Å². The van der Waals surface area contributed by atoms with Gasteiger partial charge in [-0.1, -0.05) is 65.8 Å². The van der Waals surface area contributed by atoms with Crippen LogP contribution in [0.15, 0.2) is 24.3 Å². The van der Waals surface area contributed by atoms with Crippen LogP contribution in [-0.4, -0.2) is 0 Å². The monoisotopic (exact) mass is 233 g/mol. The molecule has 0 saturated carbocycles. The molecule has 1 unspecified atom stereocenters. The average Bonchev–Trinajstić information content (AvgIpc) is 2.26. The zero-order chi connectivity index (χ0) is 13.3. The molecule has 0 spiro atoms. The maximum Gasteiger partial charge on any atom is 0.0430 e. The molecule has 96 valence electrons. The maximum atomic E-state index is 6.52. The Labute approximate surface area is 106 Å². The zero-order valence-electron chi connectivity index (χ0n) is 12.2. The van der Waals surface area contributed by atoms with Crippen molar-refractivity contribution in [2.24, 2.45) is 11.7 Å². The fourth-order valence-corrected chi connectivity index (χ4v) is 2.23. The molecule has 1 nitrogen and oxygen atoms in total. The Morgan fingerprint density at radius 3 is 1.71 bits per heavy atom. The first-order valence-corrected chi connectivity index (χ1v) is 6.61. The highest BCUT2D eigenvalue weighted by Gasteiger charge is 2.29. The molecule has 1 rings (SSSR count). The molecule has 0 amide bonds. The predicted molar refractivity (Wildman–Crippen MR) is 76.1 cm³/mol. The van der Waals surface area contributed by atoms with Crippen molar-refractivity contribution in [3.8, 4) is 0 Å². The van der Waals surface area contributed by atoms with E-state index in [-0.39, 0.29) is 11.0 Å². The lowest BCUT2D eigenvalue weighted by atomic mass is 9.77. The van der Waals surface area contributed by atoms with E-state index in [1.54, 1.807) is 0 Å². The van der Waals surface area contributed by atoms with Crippen molar-refractivity contribution in [2.75, 3.05) is 0 Å². The predicted octanol–water partition coefficient (Wildman–Crippen LogP) is 4.20. The van der Waals surface area contributed by atoms with Gasteiger partial charge in [0.25, 0.3) is 0 Å². The Hall–Kier alpha value is -0.820. The molecule has 1 heteroatoms. The second-order valence-corrected chi connectivity index (χ2v) is 6.38. The summed E-state index contributed by atoms with van der Waals surface area (Å²) in [4.78, 5) is 0. The summed E-state index contributed by atoms with van der Waals surface area (Å²) in [5.41, 5.74) is 9.15. The van der Waals surface area contributed by atoms with Gasteiger partial charge in [-0.05, 0) is 28.9 Å². The van der Waals surface area contributed by atoms with Crippen LogP contribution in [0, 0.1) is 5.92 Å². The number of nitrogens with two attached hydrogens (primary N) is 1. The molecule has 0 radical (unpaired) electrons. The SMILES string of the molecule is CCC(N)(c1ccc(C(C)(C)C)cc1)C(C)C. The first-order chi connectivity index (χ1) is 7.71. The van der Waals surface area contributed by atoms with Crippen LogP contribution in [0.2, 0.25) is 0 Å². The van der Waals surface area contributed by atoms with Gasteiger partial charge in [0.15, 0.2) is 0 Å². The lowest BCUT2D eigenvalue weighted by molar-refractivity contribution is 0.306. The quantitative estimate of drug-likeness (QED) is 0.831. The fraction of sp³-hybridized carbons (Fsp3) is 0.625. The Morgan fingerprint density at radius 2 is 1.41 bits per heavy atom. The number of rotatable bonds is 3. The molecule has 0 aliphatic carbocycles. The summed E-state index contributed by atoms with van der Waals surface area (Å²) in [5.74, 6) is 0.452. The van der Waals surface area contributed by atoms with Gasteiger partial charge in [0.1, 0.15) is 0 Å². The molecular formula is C16H27N. The molecule has 17 heavy (non-hydrogen) atoms. The Bertz CT molecular complexity index is 356. The summed E-state index contributed by atoms with van der Waals surface area (Å²) >= 11 is 0. The third kappa shape index (κ3) is 2.90. The molecule has 0 aromatic heterocycles. The molecule has 0 bridgehead atoms. The van der Waals surface area contributed by atoms with Gasteiger partial charge in [-0.25, -0.2) is 0 Å². The molecule has 1 aromatic rings. The van der Waals surface area contributed by atoms with Gasteiger partial charge < -0.3 is 5.73 Å². The summed E-state index contributed by atoms with van der Waals surface area (Å²) in [6, 6.07) is 8.83. The zero-order valence-corrected chi connectivity index (χ0v) is 12.2. The van der Waals surface area contributed by atoms with Gasteiger partial charge in [-0.3, -0.25) is 0 Å². The number of benzene rings is 1. The number of hydrogen-bond donors (Lipinski definition) is 1. The molecule has 0 heterocycles. The van der Waals surface area contributed by atoms with Gasteiger partial charge in [0.05, 0.1) is 0 Å². The van der Waals surface area contributed by atoms with Crippen molar-refractivity contribution in [1.29, 1.82) is 0 Å². The molecule has 2 N–H and O–H groups in total. The van der Waals surface area contributed by atoms with Crippen LogP contribution >= 0.6 is 0 Å². The second kappa shape index (κ2) is 4.81. The minimum absolute atomic E-state index is 0.198. The molecule has 0 fully saturated rings. The Morgan fingerprint density at radius 1 is 1.00 bits per heavy atom. The Balaban J connectivity index is 3.10. The van der Waals surface area contributed by atoms with Crippen molar-refractivity contribution in [3.63, 3.8) is 0 Å². The van der Waals surface area contributed by atoms with E-state index < -0.39 is 0 Å². The van der Waals surface area contributed by atoms with Gasteiger partial charge in [0, 0.05) is 5.54 Å². The van der Waals surface area contributed by atoms with Crippen molar-refractivity contribution >= 4 is 0 Å². The summed E-state index contributed by atoms with van der Waals surface area (Å²) in [5, 5.41) is 0. The standard InChI is InChI=1S/C16H27N/c1-7-16(17,12(2)3)14-10-8-13(9-11-14)15(4,5)6/h8-12H,7,17H2,1-6H3. The smallest absolute Gasteiger partial charge is 0.0430 e. The van der Waals surface area contributed by atoms with E-state index in [0.717, 1.165) is 6.42 Å². The van der Waals surface area contributed by atoms with E-state index in [2.05, 4.69) is 65.8 Å². The van der Waals surface area contributed by atoms with E-state index in [4.69, 9.17) is 5.73 Å². The first-order valence-electron chi connectivity index (χ1n) is 6.61. The summed E-state index contributed by atoms with van der Waals surface area (Å²) < 4.78 is 0. The summed E-state index contributed by atoms with van der Waals surface area (Å²) in [6.45, 7) is 13.3. The normalized spacial score (nSPS) is 16.0. The highest BCUT2D eigenvalue weighted by atomic mass is 14.7. The minimum Gasteiger partial charge on any atom is -0.321 e. The lowest BCUT2D eigenvalue weighted by Crippen LogP contribution is -2.41. The molecule has 0 aliphatic rings. The van der Waals surface area contributed by atoms with E-state index >= 15 is 0 Å². The minimum atomic E-state index is -0.198. The third-order valence-electron chi connectivity index (χ3n) is 3.90. The van der Waals surface area contributed by atoms with Gasteiger partial charge in [-0.15, -0.1) is 0 Å². The van der Waals surface area contributed by atoms with E-state index in [1.165, 1.54) is 11.1 Å². The fourth-order valence-electron chi connectivity index (χ4n) is 2.23. The van der Waals surface area contributed by atoms with Crippen LogP contribution < -0.4 is 5.73 Å². The van der Waals surface area contributed by atoms with Crippen LogP contribution in [0.5, 0.6) is 0 Å². The van der Waals surface area contributed by atoms with Gasteiger partial charge >= 0.3 is 0 Å². The largest absolute Gasteiger partial charge is 0.321 e. The van der Waals surface area contributed by atoms with Crippen molar-refractivity contribution in [2.45, 2.75) is 58.9 Å². The molecule has 1 aromatic carbocycles. The van der Waals surface area contributed by atoms with Crippen LogP contribution in [0.1, 0.15) is 59.1 Å². The Kier molecular flexibility index (Phi) is 4.03. The number of hydrogen-bond acceptors (Lipinski definition) is 1. The van der Waals surface area contributed by atoms with Crippen LogP contribution in [-0.2, 0) is 11.0 Å². The van der Waals surface area contributed by atoms with E-state index in [9.17, 15) is 0 Å². The highest BCUT2D eigenvalue weighted by molar-refractivity contribution is 5.32. The van der Waals surface area contributed by atoms with Gasteiger partial charge in [-0.2, -0.15) is 0 Å². The molecule has 0 saturated heterocycles. The maximum absolute atomic E-state index is 6.52. The van der Waals surface area contributed by atoms with Crippen LogP contribution in [0.4, 0.5) is 0 Å². The van der Waals surface area contributed by atoms with E-state index in [1.807, 2.05) is 0 Å². The molecule has 0 aliphatic heterocycles. The van der Waals surface area contributed by atoms with Crippen molar-refractivity contribution < 1.29 is 0 Å². The third-order valence-corrected chi connectivity index (χ3v) is 3.90. The average molecular weight is 233 g/mol. The molecular weight excluding hydrogens is 206 g/mol. The highest BCUT2D eigenvalue weighted by Crippen LogP contribution is 2.31. The lowest BCUT2D eigenvalue weighted by Gasteiger charge is -2.33. The van der Waals surface area contributed by atoms with Crippen molar-refractivity contribution in [1.82, 2.24) is 0 Å². The van der Waals surface area contributed by atoms with Crippen molar-refractivity contribution in [3.05, 3.63) is 35.4 Å². The second-order valence-electron chi connectivity index (χ2n) is 6.38.